The second-order valence-electron chi connectivity index (χ2n) is 11.4. The molecule has 0 bridgehead atoms. The van der Waals surface area contributed by atoms with E-state index in [1.807, 2.05) is 6.92 Å². The summed E-state index contributed by atoms with van der Waals surface area (Å²) in [4.78, 5) is 39.3. The van der Waals surface area contributed by atoms with Gasteiger partial charge >= 0.3 is 18.2 Å². The van der Waals surface area contributed by atoms with Crippen LogP contribution in [-0.4, -0.2) is 66.8 Å². The number of sulfone groups is 1. The highest BCUT2D eigenvalue weighted by atomic mass is 32.2. The summed E-state index contributed by atoms with van der Waals surface area (Å²) in [6.45, 7) is 4.66. The van der Waals surface area contributed by atoms with Gasteiger partial charge in [0.2, 0.25) is 20.9 Å². The number of aromatic nitrogens is 3. The smallest absolute Gasteiger partial charge is 0.416 e. The molecule has 0 radical (unpaired) electrons. The van der Waals surface area contributed by atoms with Crippen LogP contribution in [0.1, 0.15) is 51.3 Å². The number of alkyl halides is 3. The summed E-state index contributed by atoms with van der Waals surface area (Å²) in [6, 6.07) is 9.45. The van der Waals surface area contributed by atoms with Gasteiger partial charge in [-0.3, -0.25) is 4.90 Å². The van der Waals surface area contributed by atoms with Gasteiger partial charge in [0.1, 0.15) is 6.10 Å². The number of carbonyl (C=O) groups excluding carboxylic acids is 2. The molecule has 252 valence electrons. The minimum absolute atomic E-state index is 0.102. The number of carbonyl (C=O) groups is 2. The van der Waals surface area contributed by atoms with Gasteiger partial charge in [-0.25, -0.2) is 33.0 Å². The number of nitrogens with zero attached hydrogens (tertiary/aromatic N) is 4. The molecule has 48 heavy (non-hydrogen) atoms. The van der Waals surface area contributed by atoms with Crippen LogP contribution in [0.4, 0.5) is 18.0 Å². The molecule has 2 atom stereocenters. The number of benzene rings is 2. The molecule has 3 heterocycles. The highest BCUT2D eigenvalue weighted by molar-refractivity contribution is 7.90. The van der Waals surface area contributed by atoms with E-state index < -0.39 is 50.9 Å². The van der Waals surface area contributed by atoms with Gasteiger partial charge in [-0.15, -0.1) is 0 Å². The predicted octanol–water partition coefficient (Wildman–Crippen LogP) is 6.12. The first-order chi connectivity index (χ1) is 22.5. The van der Waals surface area contributed by atoms with Crippen molar-refractivity contribution in [3.8, 4) is 28.1 Å². The molecule has 1 saturated heterocycles. The lowest BCUT2D eigenvalue weighted by molar-refractivity contribution is -0.137. The maximum Gasteiger partial charge on any atom is 0.416 e. The average Bonchev–Trinajstić information content (AvgIpc) is 3.31. The lowest BCUT2D eigenvalue weighted by atomic mass is 9.96. The molecule has 15 heteroatoms. The molecule has 1 aliphatic heterocycles. The molecule has 5 rings (SSSR count). The Labute approximate surface area is 274 Å². The lowest BCUT2D eigenvalue weighted by Gasteiger charge is -2.23. The quantitative estimate of drug-likeness (QED) is 0.158. The van der Waals surface area contributed by atoms with Gasteiger partial charge in [-0.05, 0) is 67.8 Å². The van der Waals surface area contributed by atoms with E-state index in [9.17, 15) is 31.2 Å². The van der Waals surface area contributed by atoms with Crippen molar-refractivity contribution < 1.29 is 45.4 Å². The van der Waals surface area contributed by atoms with Crippen LogP contribution in [0.2, 0.25) is 0 Å². The topological polar surface area (TPSA) is 138 Å². The first kappa shape index (κ1) is 34.3. The maximum atomic E-state index is 13.6. The zero-order valence-corrected chi connectivity index (χ0v) is 27.6. The molecule has 0 unspecified atom stereocenters. The first-order valence-electron chi connectivity index (χ1n) is 14.5. The number of hydrogen-bond donors (Lipinski definition) is 0. The Kier molecular flexibility index (Phi) is 9.19. The van der Waals surface area contributed by atoms with Gasteiger partial charge in [-0.2, -0.15) is 13.2 Å². The van der Waals surface area contributed by atoms with Gasteiger partial charge in [0.15, 0.2) is 0 Å². The van der Waals surface area contributed by atoms with Crippen LogP contribution in [0.5, 0.6) is 5.88 Å². The Morgan fingerprint density at radius 2 is 1.73 bits per heavy atom. The number of amides is 1. The SMILES string of the molecule is COC(=O)c1ccc(-c2cnc(OC)c(-c3cnc(S(C)(=O)=O)nc3CN3C(=O)O[C@H](c4cc(C)cc(C(F)(F)F)c4)[C@@H]3C)c2)c(C)c1. The summed E-state index contributed by atoms with van der Waals surface area (Å²) in [5.41, 5.74) is 2.83. The van der Waals surface area contributed by atoms with Crippen LogP contribution in [-0.2, 0) is 32.0 Å². The number of cyclic esters (lactones) is 1. The third kappa shape index (κ3) is 6.81. The number of pyridine rings is 1. The summed E-state index contributed by atoms with van der Waals surface area (Å²) < 4.78 is 81.6. The van der Waals surface area contributed by atoms with E-state index in [4.69, 9.17) is 14.2 Å². The fraction of sp³-hybridized carbons (Fsp3) is 0.303. The molecule has 11 nitrogen and oxygen atoms in total. The van der Waals surface area contributed by atoms with Gasteiger partial charge in [-0.1, -0.05) is 17.7 Å². The zero-order chi connectivity index (χ0) is 35.1. The Morgan fingerprint density at radius 1 is 1.00 bits per heavy atom. The van der Waals surface area contributed by atoms with Crippen LogP contribution >= 0.6 is 0 Å². The first-order valence-corrected chi connectivity index (χ1v) is 16.4. The third-order valence-corrected chi connectivity index (χ3v) is 8.80. The number of rotatable bonds is 8. The van der Waals surface area contributed by atoms with Crippen molar-refractivity contribution in [3.05, 3.63) is 88.4 Å². The number of hydrogen-bond acceptors (Lipinski definition) is 10. The van der Waals surface area contributed by atoms with E-state index in [0.717, 1.165) is 29.5 Å². The molecular weight excluding hydrogens is 653 g/mol. The molecule has 0 spiro atoms. The second kappa shape index (κ2) is 12.9. The molecule has 2 aromatic heterocycles. The molecule has 0 N–H and O–H groups in total. The third-order valence-electron chi connectivity index (χ3n) is 7.94. The monoisotopic (exact) mass is 684 g/mol. The normalized spacial score (nSPS) is 16.5. The number of ether oxygens (including phenoxy) is 3. The molecule has 1 aliphatic rings. The molecule has 4 aromatic rings. The van der Waals surface area contributed by atoms with Gasteiger partial charge in [0.05, 0.1) is 43.6 Å². The molecule has 0 aliphatic carbocycles. The van der Waals surface area contributed by atoms with E-state index in [1.165, 1.54) is 38.3 Å². The summed E-state index contributed by atoms with van der Waals surface area (Å²) in [5, 5.41) is -0.496. The van der Waals surface area contributed by atoms with Crippen LogP contribution in [0, 0.1) is 13.8 Å². The molecule has 1 fully saturated rings. The molecule has 1 amide bonds. The highest BCUT2D eigenvalue weighted by Gasteiger charge is 2.42. The van der Waals surface area contributed by atoms with Crippen molar-refractivity contribution >= 4 is 21.9 Å². The summed E-state index contributed by atoms with van der Waals surface area (Å²) >= 11 is 0. The Balaban J connectivity index is 1.58. The maximum absolute atomic E-state index is 13.6. The summed E-state index contributed by atoms with van der Waals surface area (Å²) in [6.07, 6.45) is -2.69. The average molecular weight is 685 g/mol. The van der Waals surface area contributed by atoms with E-state index in [2.05, 4.69) is 15.0 Å². The Morgan fingerprint density at radius 3 is 2.35 bits per heavy atom. The number of methoxy groups -OCH3 is 2. The number of esters is 1. The fourth-order valence-electron chi connectivity index (χ4n) is 5.57. The molecular formula is C33H31F3N4O7S. The van der Waals surface area contributed by atoms with Crippen molar-refractivity contribution in [3.63, 3.8) is 0 Å². The highest BCUT2D eigenvalue weighted by Crippen LogP contribution is 2.40. The number of aryl methyl sites for hydroxylation is 2. The lowest BCUT2D eigenvalue weighted by Crippen LogP contribution is -2.32. The minimum Gasteiger partial charge on any atom is -0.481 e. The fourth-order valence-corrected chi connectivity index (χ4v) is 6.09. The van der Waals surface area contributed by atoms with E-state index in [-0.39, 0.29) is 29.2 Å². The van der Waals surface area contributed by atoms with Crippen LogP contribution in [0.25, 0.3) is 22.3 Å². The van der Waals surface area contributed by atoms with Crippen LogP contribution < -0.4 is 4.74 Å². The van der Waals surface area contributed by atoms with E-state index in [1.54, 1.807) is 37.4 Å². The minimum atomic E-state index is -4.60. The van der Waals surface area contributed by atoms with Crippen LogP contribution in [0.3, 0.4) is 0 Å². The van der Waals surface area contributed by atoms with Gasteiger partial charge in [0.25, 0.3) is 0 Å². The summed E-state index contributed by atoms with van der Waals surface area (Å²) in [5.74, 6) is -0.347. The second-order valence-corrected chi connectivity index (χ2v) is 13.3. The van der Waals surface area contributed by atoms with Crippen molar-refractivity contribution in [2.24, 2.45) is 0 Å². The van der Waals surface area contributed by atoms with Crippen molar-refractivity contribution in [1.82, 2.24) is 19.9 Å². The number of halogens is 3. The van der Waals surface area contributed by atoms with Gasteiger partial charge < -0.3 is 14.2 Å². The standard InChI is InChI=1S/C33H31F3N4O7S/c1-17-9-21(12-23(10-17)33(34,35)36)28-19(3)40(32(42)47-28)16-27-26(15-38-31(39-27)48(6,43)44)25-13-22(14-37-29(25)45-4)24-8-7-20(11-18(24)2)30(41)46-5/h7-15,19,28H,16H2,1-6H3/t19-,28-/m0/s1. The van der Waals surface area contributed by atoms with E-state index in [0.29, 0.717) is 22.3 Å². The Bertz CT molecular complexity index is 2040. The Hall–Kier alpha value is -5.05. The predicted molar refractivity (Wildman–Crippen MR) is 167 cm³/mol. The van der Waals surface area contributed by atoms with Gasteiger partial charge in [0, 0.05) is 35.3 Å². The van der Waals surface area contributed by atoms with Crippen molar-refractivity contribution in [2.75, 3.05) is 20.5 Å². The van der Waals surface area contributed by atoms with E-state index >= 15 is 0 Å². The zero-order valence-electron chi connectivity index (χ0n) is 26.7. The van der Waals surface area contributed by atoms with Crippen molar-refractivity contribution in [1.29, 1.82) is 0 Å². The largest absolute Gasteiger partial charge is 0.481 e. The molecule has 2 aromatic carbocycles. The van der Waals surface area contributed by atoms with Crippen molar-refractivity contribution in [2.45, 2.75) is 50.8 Å². The molecule has 0 saturated carbocycles. The van der Waals surface area contributed by atoms with Crippen LogP contribution in [0.15, 0.2) is 60.0 Å². The summed E-state index contributed by atoms with van der Waals surface area (Å²) in [7, 11) is -1.21.